The van der Waals surface area contributed by atoms with Crippen LogP contribution in [0.5, 0.6) is 5.75 Å². The van der Waals surface area contributed by atoms with E-state index in [2.05, 4.69) is 15.0 Å². The van der Waals surface area contributed by atoms with Crippen LogP contribution in [0.25, 0.3) is 0 Å². The molecule has 26 heavy (non-hydrogen) atoms. The van der Waals surface area contributed by atoms with Crippen molar-refractivity contribution >= 4 is 0 Å². The van der Waals surface area contributed by atoms with Crippen LogP contribution in [0.15, 0.2) is 29.1 Å². The summed E-state index contributed by atoms with van der Waals surface area (Å²) < 4.78 is 41.5. The van der Waals surface area contributed by atoms with Gasteiger partial charge in [-0.25, -0.2) is 4.98 Å². The number of nitrogens with one attached hydrogen (secondary N) is 2. The SMILES string of the molecule is O=c1[nH]c(C2(c3cccc(OC(F)(F)F)c3)CC2)nc2c1CNCCC2. The third-order valence-electron chi connectivity index (χ3n) is 4.99. The number of H-pyrrole nitrogens is 1. The van der Waals surface area contributed by atoms with Crippen molar-refractivity contribution in [1.29, 1.82) is 0 Å². The van der Waals surface area contributed by atoms with Crippen LogP contribution in [-0.2, 0) is 18.4 Å². The van der Waals surface area contributed by atoms with Crippen molar-refractivity contribution in [3.8, 4) is 5.75 Å². The maximum Gasteiger partial charge on any atom is 0.573 e. The fraction of sp³-hybridized carbons (Fsp3) is 0.444. The maximum absolute atomic E-state index is 12.5. The van der Waals surface area contributed by atoms with Crippen molar-refractivity contribution in [3.63, 3.8) is 0 Å². The van der Waals surface area contributed by atoms with Crippen LogP contribution in [0, 0.1) is 0 Å². The second-order valence-corrected chi connectivity index (χ2v) is 6.78. The van der Waals surface area contributed by atoms with Gasteiger partial charge in [0, 0.05) is 6.54 Å². The van der Waals surface area contributed by atoms with E-state index in [4.69, 9.17) is 4.98 Å². The van der Waals surface area contributed by atoms with E-state index in [1.165, 1.54) is 18.2 Å². The summed E-state index contributed by atoms with van der Waals surface area (Å²) in [4.78, 5) is 20.0. The number of alkyl halides is 3. The zero-order chi connectivity index (χ0) is 18.4. The van der Waals surface area contributed by atoms with Crippen LogP contribution in [0.4, 0.5) is 13.2 Å². The highest BCUT2D eigenvalue weighted by molar-refractivity contribution is 5.43. The number of nitrogens with zero attached hydrogens (tertiary/aromatic N) is 1. The second-order valence-electron chi connectivity index (χ2n) is 6.78. The van der Waals surface area contributed by atoms with Gasteiger partial charge in [-0.3, -0.25) is 4.79 Å². The molecule has 1 aromatic heterocycles. The van der Waals surface area contributed by atoms with Crippen LogP contribution < -0.4 is 15.6 Å². The van der Waals surface area contributed by atoms with Crippen LogP contribution in [0.2, 0.25) is 0 Å². The van der Waals surface area contributed by atoms with Crippen molar-refractivity contribution in [3.05, 3.63) is 57.3 Å². The van der Waals surface area contributed by atoms with Crippen LogP contribution in [0.3, 0.4) is 0 Å². The molecule has 0 radical (unpaired) electrons. The van der Waals surface area contributed by atoms with Gasteiger partial charge in [0.15, 0.2) is 0 Å². The Morgan fingerprint density at radius 1 is 1.23 bits per heavy atom. The molecule has 4 rings (SSSR count). The highest BCUT2D eigenvalue weighted by Gasteiger charge is 2.49. The van der Waals surface area contributed by atoms with Gasteiger partial charge in [-0.1, -0.05) is 12.1 Å². The van der Waals surface area contributed by atoms with Crippen LogP contribution in [-0.4, -0.2) is 22.9 Å². The van der Waals surface area contributed by atoms with Gasteiger partial charge in [0.1, 0.15) is 11.6 Å². The van der Waals surface area contributed by atoms with Gasteiger partial charge >= 0.3 is 6.36 Å². The summed E-state index contributed by atoms with van der Waals surface area (Å²) in [6, 6.07) is 5.94. The van der Waals surface area contributed by atoms with Crippen molar-refractivity contribution in [1.82, 2.24) is 15.3 Å². The number of aromatic nitrogens is 2. The Morgan fingerprint density at radius 3 is 2.77 bits per heavy atom. The minimum Gasteiger partial charge on any atom is -0.406 e. The number of fused-ring (bicyclic) bond motifs is 1. The molecule has 2 heterocycles. The summed E-state index contributed by atoms with van der Waals surface area (Å²) in [5.74, 6) is 0.273. The Morgan fingerprint density at radius 2 is 2.04 bits per heavy atom. The first-order chi connectivity index (χ1) is 12.4. The van der Waals surface area contributed by atoms with E-state index in [9.17, 15) is 18.0 Å². The molecule has 0 saturated heterocycles. The van der Waals surface area contributed by atoms with E-state index in [0.29, 0.717) is 29.9 Å². The van der Waals surface area contributed by atoms with Gasteiger partial charge in [-0.15, -0.1) is 13.2 Å². The van der Waals surface area contributed by atoms with Gasteiger partial charge in [0.2, 0.25) is 0 Å². The lowest BCUT2D eigenvalue weighted by Crippen LogP contribution is -2.26. The molecule has 0 bridgehead atoms. The summed E-state index contributed by atoms with van der Waals surface area (Å²) in [5.41, 5.74) is 1.39. The topological polar surface area (TPSA) is 67.0 Å². The zero-order valence-electron chi connectivity index (χ0n) is 13.9. The highest BCUT2D eigenvalue weighted by atomic mass is 19.4. The fourth-order valence-corrected chi connectivity index (χ4v) is 3.53. The van der Waals surface area contributed by atoms with Crippen LogP contribution >= 0.6 is 0 Å². The van der Waals surface area contributed by atoms with Gasteiger partial charge in [0.05, 0.1) is 16.7 Å². The molecule has 8 heteroatoms. The molecule has 1 fully saturated rings. The molecule has 0 unspecified atom stereocenters. The Labute approximate surface area is 147 Å². The molecule has 1 aliphatic carbocycles. The number of aryl methyl sites for hydroxylation is 1. The smallest absolute Gasteiger partial charge is 0.406 e. The normalized spacial score (nSPS) is 18.7. The highest BCUT2D eigenvalue weighted by Crippen LogP contribution is 2.52. The predicted molar refractivity (Wildman–Crippen MR) is 88.0 cm³/mol. The molecule has 138 valence electrons. The minimum absolute atomic E-state index is 0.173. The number of benzene rings is 1. The molecule has 2 aromatic rings. The van der Waals surface area contributed by atoms with Crippen molar-refractivity contribution < 1.29 is 17.9 Å². The minimum atomic E-state index is -4.74. The third kappa shape index (κ3) is 3.21. The van der Waals surface area contributed by atoms with E-state index in [1.54, 1.807) is 6.07 Å². The molecule has 2 N–H and O–H groups in total. The van der Waals surface area contributed by atoms with Crippen molar-refractivity contribution in [2.24, 2.45) is 0 Å². The third-order valence-corrected chi connectivity index (χ3v) is 4.99. The lowest BCUT2D eigenvalue weighted by atomic mass is 9.94. The lowest BCUT2D eigenvalue weighted by molar-refractivity contribution is -0.274. The van der Waals surface area contributed by atoms with Gasteiger partial charge in [-0.05, 0) is 49.9 Å². The first kappa shape index (κ1) is 17.1. The largest absolute Gasteiger partial charge is 0.573 e. The summed E-state index contributed by atoms with van der Waals surface area (Å²) >= 11 is 0. The average Bonchev–Trinajstić information content (AvgIpc) is 3.38. The number of rotatable bonds is 3. The molecule has 5 nitrogen and oxygen atoms in total. The molecule has 1 aromatic carbocycles. The number of ether oxygens (including phenoxy) is 1. The second kappa shape index (κ2) is 6.12. The van der Waals surface area contributed by atoms with E-state index in [1.807, 2.05) is 0 Å². The number of halogens is 3. The van der Waals surface area contributed by atoms with E-state index >= 15 is 0 Å². The number of hydrogen-bond donors (Lipinski definition) is 2. The molecule has 0 spiro atoms. The van der Waals surface area contributed by atoms with Crippen molar-refractivity contribution in [2.75, 3.05) is 6.54 Å². The molecule has 1 aliphatic heterocycles. The number of aromatic amines is 1. The fourth-order valence-electron chi connectivity index (χ4n) is 3.53. The Kier molecular flexibility index (Phi) is 4.02. The van der Waals surface area contributed by atoms with E-state index in [0.717, 1.165) is 31.5 Å². The molecule has 0 atom stereocenters. The van der Waals surface area contributed by atoms with Gasteiger partial charge in [-0.2, -0.15) is 0 Å². The predicted octanol–water partition coefficient (Wildman–Crippen LogP) is 2.78. The molecule has 2 aliphatic rings. The summed E-state index contributed by atoms with van der Waals surface area (Å²) in [6.45, 7) is 1.31. The van der Waals surface area contributed by atoms with Gasteiger partial charge in [0.25, 0.3) is 5.56 Å². The number of hydrogen-bond acceptors (Lipinski definition) is 4. The molecular weight excluding hydrogens is 347 g/mol. The summed E-state index contributed by atoms with van der Waals surface area (Å²) in [5, 5.41) is 3.20. The molecule has 1 saturated carbocycles. The monoisotopic (exact) mass is 365 g/mol. The van der Waals surface area contributed by atoms with E-state index in [-0.39, 0.29) is 11.3 Å². The average molecular weight is 365 g/mol. The van der Waals surface area contributed by atoms with Crippen molar-refractivity contribution in [2.45, 2.75) is 44.0 Å². The first-order valence-electron chi connectivity index (χ1n) is 8.57. The summed E-state index contributed by atoms with van der Waals surface area (Å²) in [7, 11) is 0. The molecular formula is C18H18F3N3O2. The quantitative estimate of drug-likeness (QED) is 0.878. The lowest BCUT2D eigenvalue weighted by Gasteiger charge is -2.18. The first-order valence-corrected chi connectivity index (χ1v) is 8.57. The summed E-state index contributed by atoms with van der Waals surface area (Å²) in [6.07, 6.45) is -1.68. The Balaban J connectivity index is 1.72. The Hall–Kier alpha value is -2.35. The maximum atomic E-state index is 12.5. The molecule has 0 amide bonds. The Bertz CT molecular complexity index is 888. The standard InChI is InChI=1S/C18H18F3N3O2/c19-18(20,21)26-12-4-1-3-11(9-12)17(6-7-17)16-23-14-5-2-8-22-10-13(14)15(25)24-16/h1,3-4,9,22H,2,5-8,10H2,(H,23,24,25). The van der Waals surface area contributed by atoms with Gasteiger partial charge < -0.3 is 15.0 Å². The van der Waals surface area contributed by atoms with E-state index < -0.39 is 11.8 Å². The zero-order valence-corrected chi connectivity index (χ0v) is 13.9. The van der Waals surface area contributed by atoms with Crippen LogP contribution in [0.1, 0.15) is 41.9 Å².